The molecule has 1 aliphatic heterocycles. The van der Waals surface area contributed by atoms with E-state index in [9.17, 15) is 14.8 Å². The first-order valence-corrected chi connectivity index (χ1v) is 11.0. The molecule has 1 aliphatic rings. The van der Waals surface area contributed by atoms with Crippen molar-refractivity contribution >= 4 is 40.9 Å². The number of nitrogens with one attached hydrogen (secondary N) is 1. The average molecular weight is 457 g/mol. The summed E-state index contributed by atoms with van der Waals surface area (Å²) in [6, 6.07) is 12.4. The van der Waals surface area contributed by atoms with Crippen molar-refractivity contribution in [3.05, 3.63) is 65.5 Å². The van der Waals surface area contributed by atoms with Gasteiger partial charge in [-0.1, -0.05) is 30.3 Å². The number of primary amides is 1. The monoisotopic (exact) mass is 457 g/mol. The van der Waals surface area contributed by atoms with E-state index < -0.39 is 13.0 Å². The second kappa shape index (κ2) is 8.77. The molecule has 5 rings (SSSR count). The molecule has 2 aromatic heterocycles. The molecule has 4 aromatic rings. The molecule has 172 valence electrons. The van der Waals surface area contributed by atoms with Crippen LogP contribution in [0.1, 0.15) is 28.0 Å². The van der Waals surface area contributed by atoms with Gasteiger partial charge < -0.3 is 26.0 Å². The van der Waals surface area contributed by atoms with E-state index in [-0.39, 0.29) is 0 Å². The first-order chi connectivity index (χ1) is 16.4. The zero-order valence-electron chi connectivity index (χ0n) is 18.6. The van der Waals surface area contributed by atoms with Crippen molar-refractivity contribution in [2.75, 3.05) is 23.8 Å². The summed E-state index contributed by atoms with van der Waals surface area (Å²) in [5, 5.41) is 27.4. The fraction of sp³-hybridized carbons (Fsp3) is 0.217. The predicted molar refractivity (Wildman–Crippen MR) is 130 cm³/mol. The van der Waals surface area contributed by atoms with Gasteiger partial charge in [0, 0.05) is 25.5 Å². The van der Waals surface area contributed by atoms with Gasteiger partial charge in [-0.2, -0.15) is 14.8 Å². The highest BCUT2D eigenvalue weighted by Gasteiger charge is 2.23. The number of amides is 1. The van der Waals surface area contributed by atoms with Crippen LogP contribution in [-0.2, 0) is 13.0 Å². The minimum Gasteiger partial charge on any atom is -0.423 e. The van der Waals surface area contributed by atoms with Gasteiger partial charge in [0.2, 0.25) is 5.91 Å². The fourth-order valence-corrected chi connectivity index (χ4v) is 4.35. The number of hydrogen-bond donors (Lipinski definition) is 4. The molecule has 3 heterocycles. The number of fused-ring (bicyclic) bond motifs is 2. The van der Waals surface area contributed by atoms with Gasteiger partial charge >= 0.3 is 7.12 Å². The third kappa shape index (κ3) is 3.95. The molecule has 5 N–H and O–H groups in total. The lowest BCUT2D eigenvalue weighted by molar-refractivity contribution is 0.100. The van der Waals surface area contributed by atoms with E-state index in [1.807, 2.05) is 19.2 Å². The second-order valence-electron chi connectivity index (χ2n) is 8.32. The minimum atomic E-state index is -1.53. The Hall–Kier alpha value is -3.96. The Morgan fingerprint density at radius 1 is 1.21 bits per heavy atom. The molecular formula is C23H24BN7O3. The zero-order valence-corrected chi connectivity index (χ0v) is 18.6. The van der Waals surface area contributed by atoms with E-state index in [1.54, 1.807) is 41.2 Å². The molecule has 11 heteroatoms. The van der Waals surface area contributed by atoms with E-state index in [0.29, 0.717) is 40.2 Å². The number of aryl methyl sites for hydroxylation is 1. The quantitative estimate of drug-likeness (QED) is 0.308. The van der Waals surface area contributed by atoms with Gasteiger partial charge in [0.05, 0.1) is 23.0 Å². The topological polar surface area (TPSA) is 142 Å². The number of rotatable bonds is 6. The predicted octanol–water partition coefficient (Wildman–Crippen LogP) is 0.589. The average Bonchev–Trinajstić information content (AvgIpc) is 3.27. The van der Waals surface area contributed by atoms with E-state index in [0.717, 1.165) is 36.3 Å². The zero-order chi connectivity index (χ0) is 23.8. The number of nitrogens with two attached hydrogens (primary N) is 1. The number of nitrogens with zero attached hydrogens (tertiary/aromatic N) is 5. The Morgan fingerprint density at radius 3 is 2.82 bits per heavy atom. The highest BCUT2D eigenvalue weighted by atomic mass is 16.4. The molecule has 0 unspecified atom stereocenters. The van der Waals surface area contributed by atoms with Crippen LogP contribution in [0.15, 0.2) is 48.7 Å². The lowest BCUT2D eigenvalue weighted by Crippen LogP contribution is -2.30. The maximum Gasteiger partial charge on any atom is 0.488 e. The summed E-state index contributed by atoms with van der Waals surface area (Å²) >= 11 is 0. The van der Waals surface area contributed by atoms with E-state index in [2.05, 4.69) is 15.3 Å². The Bertz CT molecular complexity index is 1390. The summed E-state index contributed by atoms with van der Waals surface area (Å²) < 4.78 is 1.62. The molecule has 0 fully saturated rings. The Labute approximate surface area is 196 Å². The summed E-state index contributed by atoms with van der Waals surface area (Å²) in [7, 11) is 0.486. The summed E-state index contributed by atoms with van der Waals surface area (Å²) in [5.41, 5.74) is 9.77. The van der Waals surface area contributed by atoms with Gasteiger partial charge in [-0.05, 0) is 36.0 Å². The molecule has 0 atom stereocenters. The second-order valence-corrected chi connectivity index (χ2v) is 8.32. The van der Waals surface area contributed by atoms with Crippen molar-refractivity contribution < 1.29 is 14.8 Å². The van der Waals surface area contributed by atoms with Gasteiger partial charge in [-0.25, -0.2) is 4.98 Å². The van der Waals surface area contributed by atoms with Crippen molar-refractivity contribution in [1.29, 1.82) is 0 Å². The molecule has 0 spiro atoms. The van der Waals surface area contributed by atoms with Crippen molar-refractivity contribution in [2.45, 2.75) is 19.4 Å². The van der Waals surface area contributed by atoms with Crippen LogP contribution in [0.2, 0.25) is 0 Å². The first-order valence-electron chi connectivity index (χ1n) is 11.0. The van der Waals surface area contributed by atoms with Gasteiger partial charge in [0.25, 0.3) is 5.95 Å². The van der Waals surface area contributed by atoms with E-state index >= 15 is 0 Å². The minimum absolute atomic E-state index is 0.394. The van der Waals surface area contributed by atoms with Gasteiger partial charge in [0.15, 0.2) is 5.82 Å². The van der Waals surface area contributed by atoms with Crippen LogP contribution >= 0.6 is 0 Å². The van der Waals surface area contributed by atoms with Crippen LogP contribution in [0.5, 0.6) is 0 Å². The largest absolute Gasteiger partial charge is 0.488 e. The molecule has 0 saturated carbocycles. The fourth-order valence-electron chi connectivity index (χ4n) is 4.35. The molecule has 1 amide bonds. The number of benzene rings is 2. The highest BCUT2D eigenvalue weighted by molar-refractivity contribution is 6.58. The van der Waals surface area contributed by atoms with Crippen LogP contribution in [0, 0.1) is 0 Å². The lowest BCUT2D eigenvalue weighted by atomic mass is 9.80. The molecule has 0 aliphatic carbocycles. The third-order valence-corrected chi connectivity index (χ3v) is 6.01. The van der Waals surface area contributed by atoms with Crippen LogP contribution in [0.25, 0.3) is 16.9 Å². The van der Waals surface area contributed by atoms with Crippen LogP contribution in [0.4, 0.5) is 11.5 Å². The molecule has 0 radical (unpaired) electrons. The Balaban J connectivity index is 1.56. The molecule has 0 bridgehead atoms. The number of carbonyl (C=O) groups is 1. The van der Waals surface area contributed by atoms with Gasteiger partial charge in [-0.3, -0.25) is 4.79 Å². The lowest BCUT2D eigenvalue weighted by Gasteiger charge is -2.29. The van der Waals surface area contributed by atoms with Crippen molar-refractivity contribution in [2.24, 2.45) is 5.73 Å². The summed E-state index contributed by atoms with van der Waals surface area (Å²) in [4.78, 5) is 23.6. The van der Waals surface area contributed by atoms with E-state index in [4.69, 9.17) is 15.7 Å². The molecule has 2 aromatic carbocycles. The Morgan fingerprint density at radius 2 is 2.03 bits per heavy atom. The summed E-state index contributed by atoms with van der Waals surface area (Å²) in [6.07, 6.45) is 3.38. The summed E-state index contributed by atoms with van der Waals surface area (Å²) in [6.45, 7) is 1.33. The van der Waals surface area contributed by atoms with Gasteiger partial charge in [0.1, 0.15) is 5.69 Å². The van der Waals surface area contributed by atoms with Crippen molar-refractivity contribution in [3.63, 3.8) is 0 Å². The number of aromatic nitrogens is 4. The van der Waals surface area contributed by atoms with Crippen LogP contribution in [0.3, 0.4) is 0 Å². The number of carbonyl (C=O) groups excluding carboxylic acids is 1. The normalized spacial score (nSPS) is 13.1. The van der Waals surface area contributed by atoms with Crippen molar-refractivity contribution in [1.82, 2.24) is 19.7 Å². The first kappa shape index (κ1) is 21.9. The van der Waals surface area contributed by atoms with E-state index in [1.165, 1.54) is 0 Å². The SMILES string of the molecule is CN1CCCc2nc(-n3ncc4c(C(N)=O)cccc43)nc(NCc3cccc(B(O)O)c3)c21. The van der Waals surface area contributed by atoms with Crippen LogP contribution in [-0.4, -0.2) is 56.4 Å². The number of anilines is 2. The summed E-state index contributed by atoms with van der Waals surface area (Å²) in [5.74, 6) is 0.537. The smallest absolute Gasteiger partial charge is 0.423 e. The molecule has 0 saturated heterocycles. The number of hydrogen-bond acceptors (Lipinski definition) is 8. The molecule has 10 nitrogen and oxygen atoms in total. The molecule has 34 heavy (non-hydrogen) atoms. The van der Waals surface area contributed by atoms with Crippen molar-refractivity contribution in [3.8, 4) is 5.95 Å². The Kier molecular flexibility index (Phi) is 5.64. The third-order valence-electron chi connectivity index (χ3n) is 6.01. The van der Waals surface area contributed by atoms with Crippen LogP contribution < -0.4 is 21.4 Å². The van der Waals surface area contributed by atoms with Gasteiger partial charge in [-0.15, -0.1) is 0 Å². The molecular weight excluding hydrogens is 433 g/mol. The standard InChI is InChI=1S/C23H24BN7O3/c1-30-10-4-8-18-20(30)22(26-12-14-5-2-6-15(11-14)24(33)34)29-23(28-18)31-19-9-3-7-16(21(25)32)17(19)13-27-31/h2-3,5-7,9,11,13,33-34H,4,8,10,12H2,1H3,(H2,25,32)(H,26,28,29). The highest BCUT2D eigenvalue weighted by Crippen LogP contribution is 2.33. The maximum atomic E-state index is 11.8. The maximum absolute atomic E-state index is 11.8.